The Morgan fingerprint density at radius 2 is 2.19 bits per heavy atom. The lowest BCUT2D eigenvalue weighted by Gasteiger charge is -2.41. The van der Waals surface area contributed by atoms with Gasteiger partial charge in [0.2, 0.25) is 0 Å². The molecule has 0 amide bonds. The highest BCUT2D eigenvalue weighted by molar-refractivity contribution is 4.82. The van der Waals surface area contributed by atoms with Crippen LogP contribution >= 0.6 is 0 Å². The van der Waals surface area contributed by atoms with Gasteiger partial charge < -0.3 is 10.1 Å². The van der Waals surface area contributed by atoms with Crippen LogP contribution in [0.2, 0.25) is 0 Å². The first-order valence-corrected chi connectivity index (χ1v) is 6.87. The number of nitrogens with zero attached hydrogens (tertiary/aromatic N) is 1. The van der Waals surface area contributed by atoms with Gasteiger partial charge in [0.1, 0.15) is 0 Å². The number of rotatable bonds is 7. The molecule has 1 heterocycles. The van der Waals surface area contributed by atoms with Crippen molar-refractivity contribution in [2.75, 3.05) is 32.8 Å². The third-order valence-electron chi connectivity index (χ3n) is 3.47. The Kier molecular flexibility index (Phi) is 7.01. The van der Waals surface area contributed by atoms with Gasteiger partial charge in [-0.25, -0.2) is 0 Å². The molecule has 96 valence electrons. The van der Waals surface area contributed by atoms with Gasteiger partial charge in [-0.2, -0.15) is 0 Å². The van der Waals surface area contributed by atoms with E-state index in [0.29, 0.717) is 12.1 Å². The zero-order valence-electron chi connectivity index (χ0n) is 11.2. The highest BCUT2D eigenvalue weighted by Crippen LogP contribution is 2.16. The standard InChI is InChI=1S/C13H28N2O/c1-4-7-13(10-14-6-3)15-8-9-16-11-12(15)5-2/h12-14H,4-11H2,1-3H3. The second kappa shape index (κ2) is 8.04. The summed E-state index contributed by atoms with van der Waals surface area (Å²) in [5.41, 5.74) is 0. The summed E-state index contributed by atoms with van der Waals surface area (Å²) in [6.07, 6.45) is 3.76. The molecule has 3 heteroatoms. The second-order valence-corrected chi connectivity index (χ2v) is 4.62. The molecule has 0 aromatic heterocycles. The molecule has 2 atom stereocenters. The molecule has 0 saturated carbocycles. The topological polar surface area (TPSA) is 24.5 Å². The monoisotopic (exact) mass is 228 g/mol. The molecule has 0 radical (unpaired) electrons. The van der Waals surface area contributed by atoms with Crippen molar-refractivity contribution in [3.63, 3.8) is 0 Å². The number of ether oxygens (including phenoxy) is 1. The average molecular weight is 228 g/mol. The molecule has 0 aliphatic carbocycles. The molecule has 2 unspecified atom stereocenters. The predicted octanol–water partition coefficient (Wildman–Crippen LogP) is 1.88. The molecule has 1 aliphatic rings. The second-order valence-electron chi connectivity index (χ2n) is 4.62. The highest BCUT2D eigenvalue weighted by atomic mass is 16.5. The first kappa shape index (κ1) is 13.9. The van der Waals surface area contributed by atoms with Crippen LogP contribution in [0.15, 0.2) is 0 Å². The van der Waals surface area contributed by atoms with Crippen LogP contribution in [0.4, 0.5) is 0 Å². The van der Waals surface area contributed by atoms with E-state index in [1.807, 2.05) is 0 Å². The maximum absolute atomic E-state index is 5.57. The summed E-state index contributed by atoms with van der Waals surface area (Å²) in [4.78, 5) is 2.66. The van der Waals surface area contributed by atoms with Gasteiger partial charge in [-0.3, -0.25) is 4.90 Å². The molecule has 1 aliphatic heterocycles. The normalized spacial score (nSPS) is 24.6. The molecule has 3 nitrogen and oxygen atoms in total. The van der Waals surface area contributed by atoms with Crippen molar-refractivity contribution in [2.45, 2.75) is 52.1 Å². The molecular weight excluding hydrogens is 200 g/mol. The first-order valence-electron chi connectivity index (χ1n) is 6.87. The van der Waals surface area contributed by atoms with Crippen molar-refractivity contribution in [3.8, 4) is 0 Å². The molecule has 16 heavy (non-hydrogen) atoms. The summed E-state index contributed by atoms with van der Waals surface area (Å²) < 4.78 is 5.57. The SMILES string of the molecule is CCCC(CNCC)N1CCOCC1CC. The molecule has 0 spiro atoms. The van der Waals surface area contributed by atoms with Crippen molar-refractivity contribution in [2.24, 2.45) is 0 Å². The number of morpholine rings is 1. The molecule has 1 fully saturated rings. The maximum Gasteiger partial charge on any atom is 0.0622 e. The van der Waals surface area contributed by atoms with E-state index in [9.17, 15) is 0 Å². The fraction of sp³-hybridized carbons (Fsp3) is 1.00. The van der Waals surface area contributed by atoms with E-state index in [1.165, 1.54) is 19.3 Å². The highest BCUT2D eigenvalue weighted by Gasteiger charge is 2.27. The lowest BCUT2D eigenvalue weighted by molar-refractivity contribution is -0.0314. The zero-order chi connectivity index (χ0) is 11.8. The summed E-state index contributed by atoms with van der Waals surface area (Å²) >= 11 is 0. The van der Waals surface area contributed by atoms with Gasteiger partial charge in [0, 0.05) is 25.2 Å². The summed E-state index contributed by atoms with van der Waals surface area (Å²) in [5.74, 6) is 0. The minimum atomic E-state index is 0.629. The van der Waals surface area contributed by atoms with Crippen LogP contribution in [0.1, 0.15) is 40.0 Å². The minimum Gasteiger partial charge on any atom is -0.378 e. The molecular formula is C13H28N2O. The van der Waals surface area contributed by atoms with Gasteiger partial charge in [-0.1, -0.05) is 27.2 Å². The lowest BCUT2D eigenvalue weighted by atomic mass is 10.0. The Labute approximate surface area is 101 Å². The smallest absolute Gasteiger partial charge is 0.0622 e. The largest absolute Gasteiger partial charge is 0.378 e. The average Bonchev–Trinajstić information content (AvgIpc) is 2.34. The fourth-order valence-corrected chi connectivity index (χ4v) is 2.53. The Hall–Kier alpha value is -0.120. The molecule has 1 N–H and O–H groups in total. The van der Waals surface area contributed by atoms with Gasteiger partial charge in [-0.15, -0.1) is 0 Å². The van der Waals surface area contributed by atoms with Crippen molar-refractivity contribution >= 4 is 0 Å². The summed E-state index contributed by atoms with van der Waals surface area (Å²) in [6, 6.07) is 1.32. The van der Waals surface area contributed by atoms with E-state index in [1.54, 1.807) is 0 Å². The van der Waals surface area contributed by atoms with E-state index in [0.717, 1.165) is 32.8 Å². The molecule has 0 bridgehead atoms. The number of hydrogen-bond donors (Lipinski definition) is 1. The lowest BCUT2D eigenvalue weighted by Crippen LogP contribution is -2.53. The third-order valence-corrected chi connectivity index (χ3v) is 3.47. The first-order chi connectivity index (χ1) is 7.83. The summed E-state index contributed by atoms with van der Waals surface area (Å²) in [6.45, 7) is 11.9. The minimum absolute atomic E-state index is 0.629. The van der Waals surface area contributed by atoms with Gasteiger partial charge in [0.25, 0.3) is 0 Å². The number of hydrogen-bond acceptors (Lipinski definition) is 3. The molecule has 0 aromatic rings. The number of nitrogens with one attached hydrogen (secondary N) is 1. The van der Waals surface area contributed by atoms with Crippen molar-refractivity contribution in [1.29, 1.82) is 0 Å². The van der Waals surface area contributed by atoms with Gasteiger partial charge in [0.15, 0.2) is 0 Å². The Balaban J connectivity index is 2.51. The van der Waals surface area contributed by atoms with E-state index in [-0.39, 0.29) is 0 Å². The van der Waals surface area contributed by atoms with Gasteiger partial charge in [-0.05, 0) is 19.4 Å². The number of likely N-dealkylation sites (N-methyl/N-ethyl adjacent to an activating group) is 1. The molecule has 1 saturated heterocycles. The van der Waals surface area contributed by atoms with Gasteiger partial charge in [0.05, 0.1) is 13.2 Å². The fourth-order valence-electron chi connectivity index (χ4n) is 2.53. The third kappa shape index (κ3) is 4.04. The Morgan fingerprint density at radius 3 is 2.81 bits per heavy atom. The van der Waals surface area contributed by atoms with Crippen LogP contribution in [-0.2, 0) is 4.74 Å². The van der Waals surface area contributed by atoms with E-state index in [2.05, 4.69) is 31.0 Å². The van der Waals surface area contributed by atoms with E-state index in [4.69, 9.17) is 4.74 Å². The summed E-state index contributed by atoms with van der Waals surface area (Å²) in [5, 5.41) is 3.49. The van der Waals surface area contributed by atoms with Crippen LogP contribution in [0, 0.1) is 0 Å². The quantitative estimate of drug-likeness (QED) is 0.720. The van der Waals surface area contributed by atoms with E-state index >= 15 is 0 Å². The van der Waals surface area contributed by atoms with Crippen LogP contribution in [0.25, 0.3) is 0 Å². The predicted molar refractivity (Wildman–Crippen MR) is 68.8 cm³/mol. The van der Waals surface area contributed by atoms with E-state index < -0.39 is 0 Å². The van der Waals surface area contributed by atoms with Crippen molar-refractivity contribution < 1.29 is 4.74 Å². The van der Waals surface area contributed by atoms with Crippen LogP contribution in [0.5, 0.6) is 0 Å². The Morgan fingerprint density at radius 1 is 1.38 bits per heavy atom. The summed E-state index contributed by atoms with van der Waals surface area (Å²) in [7, 11) is 0. The van der Waals surface area contributed by atoms with Crippen molar-refractivity contribution in [1.82, 2.24) is 10.2 Å². The van der Waals surface area contributed by atoms with Crippen LogP contribution in [-0.4, -0.2) is 49.8 Å². The van der Waals surface area contributed by atoms with Crippen LogP contribution in [0.3, 0.4) is 0 Å². The molecule has 1 rings (SSSR count). The maximum atomic E-state index is 5.57. The van der Waals surface area contributed by atoms with Crippen LogP contribution < -0.4 is 5.32 Å². The Bertz CT molecular complexity index is 175. The van der Waals surface area contributed by atoms with Gasteiger partial charge >= 0.3 is 0 Å². The zero-order valence-corrected chi connectivity index (χ0v) is 11.2. The molecule has 0 aromatic carbocycles. The van der Waals surface area contributed by atoms with Crippen molar-refractivity contribution in [3.05, 3.63) is 0 Å².